The fourth-order valence-electron chi connectivity index (χ4n) is 12.5. The monoisotopic (exact) mass is 1470 g/mol. The van der Waals surface area contributed by atoms with Gasteiger partial charge in [0.25, 0.3) is 0 Å². The third-order valence-corrected chi connectivity index (χ3v) is 20.9. The lowest BCUT2D eigenvalue weighted by Crippen LogP contribution is -2.30. The van der Waals surface area contributed by atoms with Crippen LogP contribution in [0.15, 0.2) is 0 Å². The smallest absolute Gasteiger partial charge is 0.462 e. The van der Waals surface area contributed by atoms with Crippen LogP contribution in [-0.4, -0.2) is 96.7 Å². The number of aliphatic hydroxyl groups is 1. The van der Waals surface area contributed by atoms with Gasteiger partial charge >= 0.3 is 39.5 Å². The predicted octanol–water partition coefficient (Wildman–Crippen LogP) is 24.3. The number of rotatable bonds is 80. The van der Waals surface area contributed by atoms with Gasteiger partial charge in [-0.05, 0) is 37.5 Å². The lowest BCUT2D eigenvalue weighted by atomic mass is 10.0. The first-order chi connectivity index (χ1) is 48.4. The van der Waals surface area contributed by atoms with Crippen LogP contribution < -0.4 is 0 Å². The van der Waals surface area contributed by atoms with Crippen LogP contribution in [0.4, 0.5) is 0 Å². The Morgan fingerprint density at radius 3 is 0.680 bits per heavy atom. The molecule has 19 heteroatoms. The van der Waals surface area contributed by atoms with Crippen molar-refractivity contribution in [1.29, 1.82) is 0 Å². The SMILES string of the molecule is CCCCCCCCCCCCCCCCCCCC(=O)OC[C@H](COP(=O)(O)OC[C@@H](O)COP(=O)(O)OC[C@@H](COC(=O)CCCCCCCCCC(C)C)OC(=O)CCCCCCCCCCCCCCCC(C)C)OC(=O)CCCCCCCCCCCCCCCCCCC. The third-order valence-electron chi connectivity index (χ3n) is 19.0. The van der Waals surface area contributed by atoms with E-state index in [1.165, 1.54) is 238 Å². The second-order valence-electron chi connectivity index (χ2n) is 30.1. The number of carbonyl (C=O) groups is 4. The fraction of sp³-hybridized carbons (Fsp3) is 0.951. The molecule has 0 fully saturated rings. The van der Waals surface area contributed by atoms with Crippen molar-refractivity contribution in [1.82, 2.24) is 0 Å². The first-order valence-electron chi connectivity index (χ1n) is 42.0. The second-order valence-corrected chi connectivity index (χ2v) is 33.0. The average Bonchev–Trinajstić information content (AvgIpc) is 0.937. The molecule has 5 atom stereocenters. The van der Waals surface area contributed by atoms with Crippen LogP contribution in [0.2, 0.25) is 0 Å². The maximum absolute atomic E-state index is 13.1. The molecule has 0 bridgehead atoms. The van der Waals surface area contributed by atoms with Crippen LogP contribution in [0.25, 0.3) is 0 Å². The van der Waals surface area contributed by atoms with Gasteiger partial charge < -0.3 is 33.8 Å². The molecule has 100 heavy (non-hydrogen) atoms. The summed E-state index contributed by atoms with van der Waals surface area (Å²) >= 11 is 0. The van der Waals surface area contributed by atoms with Crippen LogP contribution >= 0.6 is 15.6 Å². The topological polar surface area (TPSA) is 237 Å². The van der Waals surface area contributed by atoms with Crippen molar-refractivity contribution in [2.45, 2.75) is 445 Å². The Balaban J connectivity index is 5.24. The highest BCUT2D eigenvalue weighted by atomic mass is 31.2. The number of hydrogen-bond donors (Lipinski definition) is 3. The van der Waals surface area contributed by atoms with Gasteiger partial charge in [-0.25, -0.2) is 9.13 Å². The van der Waals surface area contributed by atoms with E-state index in [1.54, 1.807) is 0 Å². The Morgan fingerprint density at radius 2 is 0.460 bits per heavy atom. The molecule has 0 aromatic heterocycles. The highest BCUT2D eigenvalue weighted by molar-refractivity contribution is 7.47. The molecule has 0 aromatic carbocycles. The summed E-state index contributed by atoms with van der Waals surface area (Å²) in [5.41, 5.74) is 0. The van der Waals surface area contributed by atoms with Gasteiger partial charge in [0.1, 0.15) is 19.3 Å². The average molecular weight is 1470 g/mol. The van der Waals surface area contributed by atoms with Crippen LogP contribution in [-0.2, 0) is 65.4 Å². The Bertz CT molecular complexity index is 1920. The molecule has 0 spiro atoms. The highest BCUT2D eigenvalue weighted by Gasteiger charge is 2.30. The van der Waals surface area contributed by atoms with Gasteiger partial charge in [0.2, 0.25) is 0 Å². The lowest BCUT2D eigenvalue weighted by Gasteiger charge is -2.21. The van der Waals surface area contributed by atoms with E-state index in [1.807, 2.05) is 0 Å². The number of phosphoric acid groups is 2. The molecule has 3 N–H and O–H groups in total. The summed E-state index contributed by atoms with van der Waals surface area (Å²) in [5, 5.41) is 10.6. The number of esters is 4. The minimum atomic E-state index is -4.96. The summed E-state index contributed by atoms with van der Waals surface area (Å²) in [6, 6.07) is 0. The number of hydrogen-bond acceptors (Lipinski definition) is 15. The van der Waals surface area contributed by atoms with E-state index < -0.39 is 97.5 Å². The van der Waals surface area contributed by atoms with Crippen molar-refractivity contribution in [2.24, 2.45) is 11.8 Å². The molecule has 0 amide bonds. The van der Waals surface area contributed by atoms with Crippen molar-refractivity contribution in [2.75, 3.05) is 39.6 Å². The van der Waals surface area contributed by atoms with Crippen molar-refractivity contribution >= 4 is 39.5 Å². The standard InChI is InChI=1S/C81H158O17P2/c1-7-9-11-13-15-17-19-21-23-25-27-31-35-39-45-51-57-63-78(83)91-69-76(97-80(85)65-59-53-46-40-36-32-28-26-24-22-20-18-16-14-12-10-8-2)71-95-99(87,88)93-67-75(82)68-94-100(89,90)96-72-77(70-92-79(84)64-58-52-48-42-44-50-56-62-74(5)6)98-81(86)66-60-54-47-41-37-33-29-30-34-38-43-49-55-61-73(3)4/h73-77,82H,7-72H2,1-6H3,(H,87,88)(H,89,90)/t75-,76-,77-/m1/s1. The van der Waals surface area contributed by atoms with Gasteiger partial charge in [0.05, 0.1) is 26.4 Å². The molecule has 0 aliphatic carbocycles. The minimum Gasteiger partial charge on any atom is -0.462 e. The van der Waals surface area contributed by atoms with Gasteiger partial charge in [-0.2, -0.15) is 0 Å². The van der Waals surface area contributed by atoms with Crippen LogP contribution in [0.1, 0.15) is 427 Å². The summed E-state index contributed by atoms with van der Waals surface area (Å²) in [6.45, 7) is 9.60. The molecule has 0 heterocycles. The maximum Gasteiger partial charge on any atom is 0.472 e. The summed E-state index contributed by atoms with van der Waals surface area (Å²) in [6.07, 6.45) is 62.5. The van der Waals surface area contributed by atoms with E-state index >= 15 is 0 Å². The Hall–Kier alpha value is -1.94. The van der Waals surface area contributed by atoms with Crippen molar-refractivity contribution in [3.05, 3.63) is 0 Å². The maximum atomic E-state index is 13.1. The molecule has 0 radical (unpaired) electrons. The molecule has 17 nitrogen and oxygen atoms in total. The lowest BCUT2D eigenvalue weighted by molar-refractivity contribution is -0.161. The van der Waals surface area contributed by atoms with Crippen LogP contribution in [0.3, 0.4) is 0 Å². The quantitative estimate of drug-likeness (QED) is 0.0222. The molecule has 0 saturated carbocycles. The van der Waals surface area contributed by atoms with E-state index in [2.05, 4.69) is 41.5 Å². The molecule has 0 aliphatic rings. The third kappa shape index (κ3) is 74.3. The summed E-state index contributed by atoms with van der Waals surface area (Å²) in [5.74, 6) is -0.617. The summed E-state index contributed by atoms with van der Waals surface area (Å²) in [7, 11) is -9.92. The Kier molecular flexibility index (Phi) is 71.2. The number of unbranched alkanes of at least 4 members (excludes halogenated alkanes) is 50. The largest absolute Gasteiger partial charge is 0.472 e. The molecule has 594 valence electrons. The number of ether oxygens (including phenoxy) is 4. The molecular formula is C81H158O17P2. The van der Waals surface area contributed by atoms with E-state index in [-0.39, 0.29) is 25.7 Å². The van der Waals surface area contributed by atoms with Gasteiger partial charge in [0.15, 0.2) is 12.2 Å². The predicted molar refractivity (Wildman–Crippen MR) is 409 cm³/mol. The number of carbonyl (C=O) groups excluding carboxylic acids is 4. The Morgan fingerprint density at radius 1 is 0.270 bits per heavy atom. The van der Waals surface area contributed by atoms with Gasteiger partial charge in [-0.1, -0.05) is 375 Å². The van der Waals surface area contributed by atoms with Crippen molar-refractivity contribution < 1.29 is 80.2 Å². The van der Waals surface area contributed by atoms with E-state index in [9.17, 15) is 43.2 Å². The van der Waals surface area contributed by atoms with Gasteiger partial charge in [-0.15, -0.1) is 0 Å². The van der Waals surface area contributed by atoms with Gasteiger partial charge in [0, 0.05) is 25.7 Å². The second kappa shape index (κ2) is 72.6. The zero-order valence-electron chi connectivity index (χ0n) is 65.5. The zero-order chi connectivity index (χ0) is 73.5. The van der Waals surface area contributed by atoms with Crippen LogP contribution in [0, 0.1) is 11.8 Å². The van der Waals surface area contributed by atoms with Crippen molar-refractivity contribution in [3.8, 4) is 0 Å². The van der Waals surface area contributed by atoms with E-state index in [0.29, 0.717) is 31.6 Å². The highest BCUT2D eigenvalue weighted by Crippen LogP contribution is 2.45. The fourth-order valence-corrected chi connectivity index (χ4v) is 14.1. The number of phosphoric ester groups is 2. The van der Waals surface area contributed by atoms with E-state index in [0.717, 1.165) is 102 Å². The molecule has 0 saturated heterocycles. The molecule has 0 rings (SSSR count). The molecule has 0 aromatic rings. The van der Waals surface area contributed by atoms with E-state index in [4.69, 9.17) is 37.0 Å². The minimum absolute atomic E-state index is 0.107. The number of aliphatic hydroxyl groups excluding tert-OH is 1. The summed E-state index contributed by atoms with van der Waals surface area (Å²) < 4.78 is 68.7. The summed E-state index contributed by atoms with van der Waals surface area (Å²) in [4.78, 5) is 73.0. The molecular weight excluding hydrogens is 1310 g/mol. The molecule has 0 aliphatic heterocycles. The Labute approximate surface area is 613 Å². The van der Waals surface area contributed by atoms with Gasteiger partial charge in [-0.3, -0.25) is 37.3 Å². The van der Waals surface area contributed by atoms with Crippen molar-refractivity contribution in [3.63, 3.8) is 0 Å². The first kappa shape index (κ1) is 98.1. The zero-order valence-corrected chi connectivity index (χ0v) is 67.3. The first-order valence-corrected chi connectivity index (χ1v) is 45.0. The molecule has 2 unspecified atom stereocenters. The normalized spacial score (nSPS) is 13.9. The van der Waals surface area contributed by atoms with Crippen LogP contribution in [0.5, 0.6) is 0 Å².